The van der Waals surface area contributed by atoms with Crippen LogP contribution in [0.2, 0.25) is 0 Å². The number of carbonyl (C=O) groups excluding carboxylic acids is 1. The Balaban J connectivity index is 0.000000233. The van der Waals surface area contributed by atoms with E-state index in [0.29, 0.717) is 12.2 Å². The Morgan fingerprint density at radius 2 is 1.84 bits per heavy atom. The van der Waals surface area contributed by atoms with Gasteiger partial charge in [0.05, 0.1) is 24.8 Å². The maximum atomic E-state index is 10.5. The van der Waals surface area contributed by atoms with Gasteiger partial charge in [0.15, 0.2) is 0 Å². The number of amides is 1. The molecular weight excluding hydrogens is 490 g/mol. The molecule has 5 N–H and O–H groups in total. The third kappa shape index (κ3) is 8.33. The van der Waals surface area contributed by atoms with E-state index >= 15 is 0 Å². The van der Waals surface area contributed by atoms with Crippen molar-refractivity contribution >= 4 is 24.3 Å². The Kier molecular flexibility index (Phi) is 10.5. The second-order valence-corrected chi connectivity index (χ2v) is 9.51. The first kappa shape index (κ1) is 28.2. The van der Waals surface area contributed by atoms with Crippen molar-refractivity contribution in [3.05, 3.63) is 82.9 Å². The van der Waals surface area contributed by atoms with Crippen molar-refractivity contribution in [3.63, 3.8) is 0 Å². The van der Waals surface area contributed by atoms with Gasteiger partial charge in [-0.3, -0.25) is 14.8 Å². The van der Waals surface area contributed by atoms with Gasteiger partial charge in [-0.05, 0) is 96.1 Å². The molecule has 1 amide bonds. The number of phenolic OH excluding ortho intramolecular Hbond substituents is 1. The highest BCUT2D eigenvalue weighted by atomic mass is 32.2. The van der Waals surface area contributed by atoms with E-state index in [1.54, 1.807) is 12.1 Å². The highest BCUT2D eigenvalue weighted by molar-refractivity contribution is 7.97. The minimum atomic E-state index is -0.951. The summed E-state index contributed by atoms with van der Waals surface area (Å²) in [6.45, 7) is 8.16. The summed E-state index contributed by atoms with van der Waals surface area (Å²) in [5, 5.41) is 27.0. The van der Waals surface area contributed by atoms with E-state index in [1.165, 1.54) is 24.1 Å². The molecular formula is C28H33N3O5S. The Bertz CT molecular complexity index is 1200. The van der Waals surface area contributed by atoms with E-state index in [2.05, 4.69) is 35.3 Å². The van der Waals surface area contributed by atoms with Crippen molar-refractivity contribution < 1.29 is 24.5 Å². The molecule has 4 rings (SSSR count). The number of aromatic hydroxyl groups is 1. The molecule has 1 aliphatic heterocycles. The van der Waals surface area contributed by atoms with Crippen LogP contribution in [0.4, 0.5) is 0 Å². The molecule has 1 unspecified atom stereocenters. The molecule has 3 aromatic carbocycles. The van der Waals surface area contributed by atoms with E-state index in [1.807, 2.05) is 25.1 Å². The third-order valence-electron chi connectivity index (χ3n) is 6.11. The van der Waals surface area contributed by atoms with Crippen molar-refractivity contribution in [2.45, 2.75) is 31.3 Å². The van der Waals surface area contributed by atoms with Crippen molar-refractivity contribution in [3.8, 4) is 16.9 Å². The quantitative estimate of drug-likeness (QED) is 0.254. The molecule has 9 heteroatoms. The average Bonchev–Trinajstić information content (AvgIpc) is 2.89. The number of carboxylic acid groups (broad SMARTS) is 1. The standard InChI is InChI=1S/C18H22N2O2S.C10H11NO3/c1-13-8-17(23-19)2-3-18(13)15-9-14(10-16(21)11-15)12-20-4-6-22-7-5-20;1-7(11-6-12)8-2-4-9(5-3-8)10(13)14/h2-3,8-11,21H,4-7,12,19H2,1H3;2-7H,1H3,(H,11,12)(H,13,14). The Hall–Kier alpha value is -3.37. The monoisotopic (exact) mass is 523 g/mol. The number of carboxylic acids is 1. The molecule has 0 spiro atoms. The lowest BCUT2D eigenvalue weighted by atomic mass is 9.98. The molecule has 1 saturated heterocycles. The molecule has 1 fully saturated rings. The molecule has 0 aliphatic carbocycles. The van der Waals surface area contributed by atoms with Crippen LogP contribution in [0.1, 0.15) is 40.0 Å². The predicted molar refractivity (Wildman–Crippen MR) is 145 cm³/mol. The van der Waals surface area contributed by atoms with Gasteiger partial charge in [0.1, 0.15) is 5.75 Å². The first-order chi connectivity index (χ1) is 17.8. The number of nitrogens with zero attached hydrogens (tertiary/aromatic N) is 1. The van der Waals surface area contributed by atoms with Crippen molar-refractivity contribution in [2.24, 2.45) is 5.14 Å². The number of morpholine rings is 1. The Morgan fingerprint density at radius 3 is 2.43 bits per heavy atom. The zero-order chi connectivity index (χ0) is 26.8. The highest BCUT2D eigenvalue weighted by Gasteiger charge is 2.13. The van der Waals surface area contributed by atoms with Crippen LogP contribution in [0, 0.1) is 6.92 Å². The van der Waals surface area contributed by atoms with E-state index < -0.39 is 5.97 Å². The number of hydrogen-bond donors (Lipinski definition) is 4. The molecule has 3 aromatic rings. The lowest BCUT2D eigenvalue weighted by Gasteiger charge is -2.26. The predicted octanol–water partition coefficient (Wildman–Crippen LogP) is 4.36. The summed E-state index contributed by atoms with van der Waals surface area (Å²) in [4.78, 5) is 24.1. The Morgan fingerprint density at radius 1 is 1.14 bits per heavy atom. The lowest BCUT2D eigenvalue weighted by molar-refractivity contribution is -0.110. The van der Waals surface area contributed by atoms with Crippen molar-refractivity contribution in [1.82, 2.24) is 10.2 Å². The van der Waals surface area contributed by atoms with Crippen molar-refractivity contribution in [2.75, 3.05) is 26.3 Å². The molecule has 1 aliphatic rings. The maximum Gasteiger partial charge on any atom is 0.335 e. The molecule has 0 aromatic heterocycles. The Labute approximate surface area is 221 Å². The molecule has 1 heterocycles. The fraction of sp³-hybridized carbons (Fsp3) is 0.286. The van der Waals surface area contributed by atoms with Gasteiger partial charge in [0.25, 0.3) is 0 Å². The summed E-state index contributed by atoms with van der Waals surface area (Å²) in [6.07, 6.45) is 0.621. The van der Waals surface area contributed by atoms with Crippen LogP contribution in [0.25, 0.3) is 11.1 Å². The fourth-order valence-electron chi connectivity index (χ4n) is 4.08. The molecule has 1 atom stereocenters. The summed E-state index contributed by atoms with van der Waals surface area (Å²) in [5.41, 5.74) is 5.57. The number of carbonyl (C=O) groups is 2. The van der Waals surface area contributed by atoms with Gasteiger partial charge < -0.3 is 20.3 Å². The maximum absolute atomic E-state index is 10.5. The first-order valence-corrected chi connectivity index (χ1v) is 12.8. The zero-order valence-corrected chi connectivity index (χ0v) is 21.8. The lowest BCUT2D eigenvalue weighted by Crippen LogP contribution is -2.35. The SMILES string of the molecule is CC(NC=O)c1ccc(C(=O)O)cc1.Cc1cc(SN)ccc1-c1cc(O)cc(CN2CCOCC2)c1. The van der Waals surface area contributed by atoms with E-state index in [4.69, 9.17) is 15.0 Å². The summed E-state index contributed by atoms with van der Waals surface area (Å²) >= 11 is 1.25. The minimum Gasteiger partial charge on any atom is -0.508 e. The summed E-state index contributed by atoms with van der Waals surface area (Å²) < 4.78 is 5.39. The number of benzene rings is 3. The number of aryl methyl sites for hydroxylation is 1. The summed E-state index contributed by atoms with van der Waals surface area (Å²) in [5.74, 6) is -0.644. The third-order valence-corrected chi connectivity index (χ3v) is 6.63. The average molecular weight is 524 g/mol. The topological polar surface area (TPSA) is 125 Å². The van der Waals surface area contributed by atoms with Gasteiger partial charge in [-0.25, -0.2) is 4.79 Å². The molecule has 196 valence electrons. The van der Waals surface area contributed by atoms with Gasteiger partial charge in [0, 0.05) is 24.5 Å². The van der Waals surface area contributed by atoms with Gasteiger partial charge in [-0.15, -0.1) is 0 Å². The van der Waals surface area contributed by atoms with Crippen LogP contribution >= 0.6 is 11.9 Å². The largest absolute Gasteiger partial charge is 0.508 e. The van der Waals surface area contributed by atoms with Gasteiger partial charge in [-0.1, -0.05) is 18.2 Å². The molecule has 0 radical (unpaired) electrons. The van der Waals surface area contributed by atoms with Crippen LogP contribution in [-0.4, -0.2) is 53.8 Å². The van der Waals surface area contributed by atoms with Gasteiger partial charge in [-0.2, -0.15) is 0 Å². The van der Waals surface area contributed by atoms with Crippen molar-refractivity contribution in [1.29, 1.82) is 0 Å². The van der Waals surface area contributed by atoms with Gasteiger partial charge >= 0.3 is 5.97 Å². The van der Waals surface area contributed by atoms with E-state index in [-0.39, 0.29) is 11.6 Å². The van der Waals surface area contributed by atoms with E-state index in [0.717, 1.165) is 65.6 Å². The van der Waals surface area contributed by atoms with Crippen LogP contribution in [0.15, 0.2) is 65.6 Å². The second-order valence-electron chi connectivity index (χ2n) is 8.80. The number of aromatic carboxylic acids is 1. The summed E-state index contributed by atoms with van der Waals surface area (Å²) in [7, 11) is 0. The number of phenols is 1. The second kappa shape index (κ2) is 13.8. The molecule has 37 heavy (non-hydrogen) atoms. The molecule has 0 saturated carbocycles. The minimum absolute atomic E-state index is 0.102. The zero-order valence-electron chi connectivity index (χ0n) is 21.0. The number of ether oxygens (including phenoxy) is 1. The van der Waals surface area contributed by atoms with Crippen LogP contribution in [-0.2, 0) is 16.1 Å². The van der Waals surface area contributed by atoms with Crippen LogP contribution in [0.3, 0.4) is 0 Å². The number of nitrogens with one attached hydrogen (secondary N) is 1. The van der Waals surface area contributed by atoms with Crippen LogP contribution < -0.4 is 10.5 Å². The molecule has 0 bridgehead atoms. The highest BCUT2D eigenvalue weighted by Crippen LogP contribution is 2.30. The molecule has 8 nitrogen and oxygen atoms in total. The number of hydrogen-bond acceptors (Lipinski definition) is 7. The fourth-order valence-corrected chi connectivity index (χ4v) is 4.48. The van der Waals surface area contributed by atoms with Crippen LogP contribution in [0.5, 0.6) is 5.75 Å². The summed E-state index contributed by atoms with van der Waals surface area (Å²) in [6, 6.07) is 18.3. The number of nitrogens with two attached hydrogens (primary N) is 1. The van der Waals surface area contributed by atoms with E-state index in [9.17, 15) is 14.7 Å². The van der Waals surface area contributed by atoms with Gasteiger partial charge in [0.2, 0.25) is 6.41 Å². The number of rotatable bonds is 8. The normalized spacial score (nSPS) is 14.2. The first-order valence-electron chi connectivity index (χ1n) is 11.9. The smallest absolute Gasteiger partial charge is 0.335 e.